The number of halogens is 1. The summed E-state index contributed by atoms with van der Waals surface area (Å²) in [6, 6.07) is 5.63. The van der Waals surface area contributed by atoms with Crippen molar-refractivity contribution in [3.05, 3.63) is 71.6 Å². The maximum atomic E-state index is 15.0. The average Bonchev–Trinajstić information content (AvgIpc) is 3.15. The summed E-state index contributed by atoms with van der Waals surface area (Å²) in [7, 11) is 1.87. The van der Waals surface area contributed by atoms with Crippen molar-refractivity contribution in [1.82, 2.24) is 34.5 Å². The van der Waals surface area contributed by atoms with Gasteiger partial charge in [0.1, 0.15) is 23.4 Å². The van der Waals surface area contributed by atoms with Crippen LogP contribution < -0.4 is 4.74 Å². The predicted octanol–water partition coefficient (Wildman–Crippen LogP) is 4.72. The second kappa shape index (κ2) is 8.57. The molecule has 0 saturated carbocycles. The minimum Gasteiger partial charge on any atom is -0.423 e. The lowest BCUT2D eigenvalue weighted by atomic mass is 9.99. The highest BCUT2D eigenvalue weighted by atomic mass is 19.1. The van der Waals surface area contributed by atoms with Crippen molar-refractivity contribution in [2.24, 2.45) is 7.05 Å². The van der Waals surface area contributed by atoms with Crippen molar-refractivity contribution >= 4 is 11.0 Å². The van der Waals surface area contributed by atoms with Gasteiger partial charge in [0.15, 0.2) is 5.82 Å². The lowest BCUT2D eigenvalue weighted by Gasteiger charge is -2.12. The van der Waals surface area contributed by atoms with E-state index in [0.717, 1.165) is 22.3 Å². The Balaban J connectivity index is 1.69. The van der Waals surface area contributed by atoms with Crippen LogP contribution in [0.1, 0.15) is 22.6 Å². The summed E-state index contributed by atoms with van der Waals surface area (Å²) in [5.41, 5.74) is 5.32. The molecule has 0 spiro atoms. The molecular formula is C26H20FN7O. The minimum atomic E-state index is -0.529. The molecule has 8 nitrogen and oxygen atoms in total. The number of hydrogen-bond donors (Lipinski definition) is 0. The first-order valence-electron chi connectivity index (χ1n) is 10.7. The maximum absolute atomic E-state index is 15.0. The van der Waals surface area contributed by atoms with Crippen LogP contribution in [0.3, 0.4) is 0 Å². The third kappa shape index (κ3) is 3.75. The number of rotatable bonds is 4. The Labute approximate surface area is 200 Å². The van der Waals surface area contributed by atoms with Gasteiger partial charge in [-0.15, -0.1) is 6.42 Å². The normalized spacial score (nSPS) is 11.0. The molecule has 172 valence electrons. The van der Waals surface area contributed by atoms with Gasteiger partial charge >= 0.3 is 6.01 Å². The summed E-state index contributed by atoms with van der Waals surface area (Å²) in [5.74, 6) is 2.24. The van der Waals surface area contributed by atoms with Crippen LogP contribution in [-0.2, 0) is 7.05 Å². The van der Waals surface area contributed by atoms with E-state index >= 15 is 0 Å². The highest BCUT2D eigenvalue weighted by molar-refractivity contribution is 6.03. The van der Waals surface area contributed by atoms with E-state index in [-0.39, 0.29) is 11.7 Å². The van der Waals surface area contributed by atoms with Crippen molar-refractivity contribution in [3.63, 3.8) is 0 Å². The zero-order valence-corrected chi connectivity index (χ0v) is 19.5. The Kier molecular flexibility index (Phi) is 5.41. The number of fused-ring (bicyclic) bond motifs is 1. The molecule has 0 fully saturated rings. The van der Waals surface area contributed by atoms with E-state index in [4.69, 9.17) is 11.2 Å². The molecule has 9 heteroatoms. The van der Waals surface area contributed by atoms with Gasteiger partial charge in [-0.25, -0.2) is 29.3 Å². The van der Waals surface area contributed by atoms with Crippen LogP contribution in [0.2, 0.25) is 0 Å². The Morgan fingerprint density at radius 1 is 1.00 bits per heavy atom. The van der Waals surface area contributed by atoms with Gasteiger partial charge in [0.2, 0.25) is 0 Å². The molecule has 0 aromatic carbocycles. The first-order chi connectivity index (χ1) is 16.9. The Bertz CT molecular complexity index is 1640. The van der Waals surface area contributed by atoms with Crippen molar-refractivity contribution in [2.45, 2.75) is 20.8 Å². The van der Waals surface area contributed by atoms with E-state index < -0.39 is 5.82 Å². The fourth-order valence-corrected chi connectivity index (χ4v) is 4.05. The van der Waals surface area contributed by atoms with Gasteiger partial charge in [-0.1, -0.05) is 0 Å². The lowest BCUT2D eigenvalue weighted by Crippen LogP contribution is -2.01. The van der Waals surface area contributed by atoms with Crippen molar-refractivity contribution < 1.29 is 9.13 Å². The van der Waals surface area contributed by atoms with Crippen LogP contribution >= 0.6 is 0 Å². The number of ether oxygens (including phenoxy) is 1. The van der Waals surface area contributed by atoms with Gasteiger partial charge in [0.25, 0.3) is 0 Å². The molecule has 5 heterocycles. The zero-order chi connectivity index (χ0) is 24.7. The van der Waals surface area contributed by atoms with Gasteiger partial charge in [0.05, 0.1) is 28.7 Å². The van der Waals surface area contributed by atoms with E-state index in [1.54, 1.807) is 37.6 Å². The number of aryl methyl sites for hydroxylation is 3. The van der Waals surface area contributed by atoms with Crippen LogP contribution in [0, 0.1) is 38.9 Å². The standard InChI is InChI=1S/C26H20FN7O/c1-6-19-23(27)15(3)18(12-30-19)24-22(21-16(4)31-13-32-25(21)34(24)5)20-8-7-17(11-29-20)35-26-28-10-9-14(2)33-26/h1,7-13H,2-5H3. The largest absolute Gasteiger partial charge is 0.423 e. The summed E-state index contributed by atoms with van der Waals surface area (Å²) >= 11 is 0. The molecule has 0 saturated heterocycles. The summed E-state index contributed by atoms with van der Waals surface area (Å²) in [5, 5.41) is 0.814. The maximum Gasteiger partial charge on any atom is 0.322 e. The van der Waals surface area contributed by atoms with Gasteiger partial charge in [0, 0.05) is 36.3 Å². The monoisotopic (exact) mass is 465 g/mol. The summed E-state index contributed by atoms with van der Waals surface area (Å²) in [6.45, 7) is 5.44. The lowest BCUT2D eigenvalue weighted by molar-refractivity contribution is 0.438. The second-order valence-corrected chi connectivity index (χ2v) is 8.01. The van der Waals surface area contributed by atoms with Gasteiger partial charge in [-0.05, 0) is 50.5 Å². The second-order valence-electron chi connectivity index (χ2n) is 8.01. The molecule has 0 radical (unpaired) electrons. The highest BCUT2D eigenvalue weighted by Gasteiger charge is 2.25. The molecule has 0 aliphatic heterocycles. The van der Waals surface area contributed by atoms with Crippen LogP contribution in [0.4, 0.5) is 4.39 Å². The zero-order valence-electron chi connectivity index (χ0n) is 19.5. The molecule has 5 aromatic rings. The molecule has 0 aliphatic carbocycles. The molecule has 35 heavy (non-hydrogen) atoms. The van der Waals surface area contributed by atoms with Gasteiger partial charge in [-0.3, -0.25) is 4.98 Å². The van der Waals surface area contributed by atoms with E-state index in [1.165, 1.54) is 6.33 Å². The molecule has 5 rings (SSSR count). The molecule has 0 unspecified atom stereocenters. The smallest absolute Gasteiger partial charge is 0.322 e. The van der Waals surface area contributed by atoms with Crippen LogP contribution in [0.25, 0.3) is 33.5 Å². The molecule has 0 aliphatic rings. The number of nitrogens with zero attached hydrogens (tertiary/aromatic N) is 7. The van der Waals surface area contributed by atoms with Crippen molar-refractivity contribution in [1.29, 1.82) is 0 Å². The molecule has 0 N–H and O–H groups in total. The van der Waals surface area contributed by atoms with E-state index in [1.807, 2.05) is 31.5 Å². The molecule has 5 aromatic heterocycles. The first-order valence-corrected chi connectivity index (χ1v) is 10.7. The summed E-state index contributed by atoms with van der Waals surface area (Å²) in [6.07, 6.45) is 11.7. The summed E-state index contributed by atoms with van der Waals surface area (Å²) < 4.78 is 22.6. The van der Waals surface area contributed by atoms with Crippen molar-refractivity contribution in [3.8, 4) is 46.6 Å². The Morgan fingerprint density at radius 2 is 1.83 bits per heavy atom. The van der Waals surface area contributed by atoms with Crippen LogP contribution in [0.5, 0.6) is 11.8 Å². The predicted molar refractivity (Wildman–Crippen MR) is 129 cm³/mol. The molecule has 0 atom stereocenters. The fourth-order valence-electron chi connectivity index (χ4n) is 4.05. The van der Waals surface area contributed by atoms with Crippen molar-refractivity contribution in [2.75, 3.05) is 0 Å². The third-order valence-electron chi connectivity index (χ3n) is 5.79. The van der Waals surface area contributed by atoms with E-state index in [2.05, 4.69) is 35.8 Å². The summed E-state index contributed by atoms with van der Waals surface area (Å²) in [4.78, 5) is 26.0. The van der Waals surface area contributed by atoms with Gasteiger partial charge < -0.3 is 9.30 Å². The molecular weight excluding hydrogens is 445 g/mol. The SMILES string of the molecule is C#Cc1ncc(-c2c(-c3ccc(Oc4nccc(C)n4)cn3)c3c(C)ncnc3n2C)c(C)c1F. The third-order valence-corrected chi connectivity index (χ3v) is 5.79. The molecule has 0 amide bonds. The Morgan fingerprint density at radius 3 is 2.54 bits per heavy atom. The number of aromatic nitrogens is 7. The Hall–Kier alpha value is -4.71. The minimum absolute atomic E-state index is 0.0273. The highest BCUT2D eigenvalue weighted by Crippen LogP contribution is 2.41. The van der Waals surface area contributed by atoms with Crippen LogP contribution in [-0.4, -0.2) is 34.5 Å². The van der Waals surface area contributed by atoms with E-state index in [0.29, 0.717) is 33.9 Å². The topological polar surface area (TPSA) is 91.5 Å². The van der Waals surface area contributed by atoms with Crippen LogP contribution in [0.15, 0.2) is 43.1 Å². The average molecular weight is 465 g/mol. The number of terminal acetylenes is 1. The quantitative estimate of drug-likeness (QED) is 0.355. The number of hydrogen-bond acceptors (Lipinski definition) is 7. The fraction of sp³-hybridized carbons (Fsp3) is 0.154. The number of pyridine rings is 2. The van der Waals surface area contributed by atoms with Gasteiger partial charge in [-0.2, -0.15) is 0 Å². The van der Waals surface area contributed by atoms with E-state index in [9.17, 15) is 4.39 Å². The first kappa shape index (κ1) is 22.1. The molecule has 0 bridgehead atoms.